The number of hydrogen-bond acceptors (Lipinski definition) is 9. The van der Waals surface area contributed by atoms with E-state index in [1.807, 2.05) is 26.0 Å². The largest absolute Gasteiger partial charge is 0.467 e. The lowest BCUT2D eigenvalue weighted by molar-refractivity contribution is -0.145. The summed E-state index contributed by atoms with van der Waals surface area (Å²) in [6.07, 6.45) is 11.9. The zero-order valence-electron chi connectivity index (χ0n) is 24.7. The number of nitrogens with zero attached hydrogens (tertiary/aromatic N) is 1. The Bertz CT molecular complexity index is 1030. The molecular formula is C31H45NO9. The van der Waals surface area contributed by atoms with Crippen molar-refractivity contribution in [2.75, 3.05) is 26.9 Å². The Hall–Kier alpha value is -2.53. The second kappa shape index (κ2) is 14.1. The molecule has 4 fully saturated rings. The fraction of sp³-hybridized carbons (Fsp3) is 0.710. The van der Waals surface area contributed by atoms with Crippen LogP contribution in [0.4, 0.5) is 4.79 Å². The van der Waals surface area contributed by atoms with E-state index in [0.29, 0.717) is 39.0 Å². The highest BCUT2D eigenvalue weighted by molar-refractivity contribution is 5.90. The van der Waals surface area contributed by atoms with Crippen molar-refractivity contribution in [1.82, 2.24) is 4.90 Å². The molecule has 228 valence electrons. The molecule has 41 heavy (non-hydrogen) atoms. The zero-order chi connectivity index (χ0) is 29.6. The Labute approximate surface area is 242 Å². The molecule has 1 N–H and O–H groups in total. The lowest BCUT2D eigenvalue weighted by Crippen LogP contribution is -2.46. The highest BCUT2D eigenvalue weighted by Gasteiger charge is 2.55. The van der Waals surface area contributed by atoms with Gasteiger partial charge in [0.15, 0.2) is 5.78 Å². The molecule has 0 saturated carbocycles. The maximum Gasteiger partial charge on any atom is 0.411 e. The van der Waals surface area contributed by atoms with Crippen molar-refractivity contribution in [2.24, 2.45) is 5.92 Å². The molecule has 0 bridgehead atoms. The molecular weight excluding hydrogens is 530 g/mol. The normalized spacial score (nSPS) is 34.8. The van der Waals surface area contributed by atoms with Crippen LogP contribution in [0.3, 0.4) is 0 Å². The van der Waals surface area contributed by atoms with E-state index in [4.69, 9.17) is 23.7 Å². The Morgan fingerprint density at radius 3 is 2.68 bits per heavy atom. The van der Waals surface area contributed by atoms with Crippen molar-refractivity contribution in [3.8, 4) is 0 Å². The minimum absolute atomic E-state index is 0.0354. The van der Waals surface area contributed by atoms with Gasteiger partial charge < -0.3 is 28.8 Å². The summed E-state index contributed by atoms with van der Waals surface area (Å²) in [5, 5.41) is 10.5. The summed E-state index contributed by atoms with van der Waals surface area (Å²) in [6.45, 7) is 7.36. The van der Waals surface area contributed by atoms with E-state index in [2.05, 4.69) is 6.08 Å². The van der Waals surface area contributed by atoms with Gasteiger partial charge in [-0.3, -0.25) is 9.69 Å². The Kier molecular flexibility index (Phi) is 10.8. The molecule has 4 aliphatic rings. The van der Waals surface area contributed by atoms with E-state index in [9.17, 15) is 19.5 Å². The SMILES string of the molecule is COC(=O)[C@H]1CCCN1C(=O)O[C@@H](C)/C=C\C(=O)C[C@@H]1CC[C@H](C/C=C(C)/C=C/C2OCC[C@@]3(CO3)[C@@H]2O)O[C@@H]1C. The second-order valence-electron chi connectivity index (χ2n) is 11.7. The van der Waals surface area contributed by atoms with Crippen LogP contribution in [0.25, 0.3) is 0 Å². The maximum atomic E-state index is 12.6. The van der Waals surface area contributed by atoms with Crippen LogP contribution >= 0.6 is 0 Å². The third-order valence-corrected chi connectivity index (χ3v) is 8.65. The minimum atomic E-state index is -0.633. The number of esters is 1. The quantitative estimate of drug-likeness (QED) is 0.180. The number of likely N-dealkylation sites (tertiary alicyclic amines) is 1. The molecule has 4 saturated heterocycles. The topological polar surface area (TPSA) is 124 Å². The molecule has 1 amide bonds. The van der Waals surface area contributed by atoms with Crippen molar-refractivity contribution in [2.45, 2.75) is 108 Å². The van der Waals surface area contributed by atoms with Gasteiger partial charge in [-0.15, -0.1) is 0 Å². The van der Waals surface area contributed by atoms with Gasteiger partial charge in [-0.1, -0.05) is 23.8 Å². The van der Waals surface area contributed by atoms with E-state index in [0.717, 1.165) is 31.3 Å². The van der Waals surface area contributed by atoms with Gasteiger partial charge in [-0.25, -0.2) is 9.59 Å². The van der Waals surface area contributed by atoms with E-state index < -0.39 is 35.9 Å². The van der Waals surface area contributed by atoms with Crippen molar-refractivity contribution in [3.63, 3.8) is 0 Å². The van der Waals surface area contributed by atoms with Gasteiger partial charge in [0.1, 0.15) is 30.0 Å². The first-order valence-corrected chi connectivity index (χ1v) is 14.8. The number of ether oxygens (including phenoxy) is 5. The highest BCUT2D eigenvalue weighted by Crippen LogP contribution is 2.40. The highest BCUT2D eigenvalue weighted by atomic mass is 16.6. The molecule has 10 heteroatoms. The van der Waals surface area contributed by atoms with Crippen LogP contribution in [-0.2, 0) is 33.3 Å². The molecule has 1 unspecified atom stereocenters. The summed E-state index contributed by atoms with van der Waals surface area (Å²) >= 11 is 0. The summed E-state index contributed by atoms with van der Waals surface area (Å²) in [5.41, 5.74) is 0.677. The molecule has 0 aromatic carbocycles. The monoisotopic (exact) mass is 575 g/mol. The van der Waals surface area contributed by atoms with Crippen molar-refractivity contribution < 1.29 is 43.2 Å². The number of aliphatic hydroxyl groups is 1. The molecule has 4 aliphatic heterocycles. The molecule has 0 aromatic heterocycles. The molecule has 10 nitrogen and oxygen atoms in total. The van der Waals surface area contributed by atoms with E-state index in [1.165, 1.54) is 18.1 Å². The molecule has 0 aliphatic carbocycles. The Morgan fingerprint density at radius 2 is 1.98 bits per heavy atom. The molecule has 0 radical (unpaired) electrons. The van der Waals surface area contributed by atoms with Gasteiger partial charge in [0, 0.05) is 19.4 Å². The first-order chi connectivity index (χ1) is 19.6. The number of aliphatic hydroxyl groups excluding tert-OH is 1. The number of ketones is 1. The fourth-order valence-electron chi connectivity index (χ4n) is 5.87. The molecule has 4 heterocycles. The third-order valence-electron chi connectivity index (χ3n) is 8.65. The van der Waals surface area contributed by atoms with E-state index in [-0.39, 0.29) is 30.0 Å². The number of carbonyl (C=O) groups excluding carboxylic acids is 3. The van der Waals surface area contributed by atoms with E-state index >= 15 is 0 Å². The van der Waals surface area contributed by atoms with Crippen LogP contribution in [-0.4, -0.2) is 96.9 Å². The first kappa shape index (κ1) is 31.4. The maximum absolute atomic E-state index is 12.6. The number of methoxy groups -OCH3 is 1. The van der Waals surface area contributed by atoms with Crippen LogP contribution in [0.5, 0.6) is 0 Å². The van der Waals surface area contributed by atoms with Crippen molar-refractivity contribution in [1.29, 1.82) is 0 Å². The molecule has 1 spiro atoms. The fourth-order valence-corrected chi connectivity index (χ4v) is 5.87. The average Bonchev–Trinajstić information content (AvgIpc) is 3.55. The number of rotatable bonds is 10. The molecule has 0 aromatic rings. The van der Waals surface area contributed by atoms with E-state index in [1.54, 1.807) is 13.0 Å². The van der Waals surface area contributed by atoms with Gasteiger partial charge in [-0.05, 0) is 70.9 Å². The van der Waals surface area contributed by atoms with Gasteiger partial charge in [-0.2, -0.15) is 0 Å². The predicted molar refractivity (Wildman–Crippen MR) is 150 cm³/mol. The number of epoxide rings is 1. The van der Waals surface area contributed by atoms with Crippen LogP contribution in [0, 0.1) is 5.92 Å². The number of hydrogen-bond donors (Lipinski definition) is 1. The van der Waals surface area contributed by atoms with Gasteiger partial charge >= 0.3 is 12.1 Å². The van der Waals surface area contributed by atoms with Gasteiger partial charge in [0.05, 0.1) is 32.5 Å². The van der Waals surface area contributed by atoms with Gasteiger partial charge in [0.25, 0.3) is 0 Å². The van der Waals surface area contributed by atoms with Crippen LogP contribution in [0.15, 0.2) is 36.0 Å². The summed E-state index contributed by atoms with van der Waals surface area (Å²) in [6, 6.07) is -0.617. The van der Waals surface area contributed by atoms with Crippen LogP contribution in [0.2, 0.25) is 0 Å². The molecule has 8 atom stereocenters. The lowest BCUT2D eigenvalue weighted by Gasteiger charge is -2.34. The van der Waals surface area contributed by atoms with Crippen LogP contribution in [0.1, 0.15) is 65.7 Å². The summed E-state index contributed by atoms with van der Waals surface area (Å²) in [4.78, 5) is 38.4. The first-order valence-electron chi connectivity index (χ1n) is 14.8. The lowest BCUT2D eigenvalue weighted by atomic mass is 9.87. The standard InChI is InChI=1S/C31H45NO9/c1-20(8-14-27-28(34)31(19-39-31)15-17-38-27)7-12-25-13-10-23(22(3)41-25)18-24(33)11-9-21(2)40-30(36)32-16-5-6-26(32)29(35)37-4/h7-9,11,14,21-23,25-28,34H,5-6,10,12-13,15-19H2,1-4H3/b11-9-,14-8+,20-7+/t21-,22+,23-,25-,26+,27?,28+,31+/m0/s1. The second-order valence-corrected chi connectivity index (χ2v) is 11.7. The van der Waals surface area contributed by atoms with Gasteiger partial charge in [0.2, 0.25) is 0 Å². The summed E-state index contributed by atoms with van der Waals surface area (Å²) in [7, 11) is 1.30. The summed E-state index contributed by atoms with van der Waals surface area (Å²) in [5.74, 6) is -0.357. The Balaban J connectivity index is 1.16. The predicted octanol–water partition coefficient (Wildman–Crippen LogP) is 3.66. The van der Waals surface area contributed by atoms with Crippen LogP contribution < -0.4 is 0 Å². The zero-order valence-corrected chi connectivity index (χ0v) is 24.7. The van der Waals surface area contributed by atoms with Crippen molar-refractivity contribution in [3.05, 3.63) is 36.0 Å². The minimum Gasteiger partial charge on any atom is -0.467 e. The Morgan fingerprint density at radius 1 is 1.20 bits per heavy atom. The number of allylic oxidation sites excluding steroid dienone is 3. The smallest absolute Gasteiger partial charge is 0.411 e. The number of amides is 1. The summed E-state index contributed by atoms with van der Waals surface area (Å²) < 4.78 is 27.6. The van der Waals surface area contributed by atoms with Crippen molar-refractivity contribution >= 4 is 17.8 Å². The average molecular weight is 576 g/mol. The third kappa shape index (κ3) is 8.28. The number of carbonyl (C=O) groups is 3. The molecule has 4 rings (SSSR count).